The molecule has 2 aromatic carbocycles. The highest BCUT2D eigenvalue weighted by Crippen LogP contribution is 2.45. The minimum Gasteiger partial charge on any atom is -0.508 e. The van der Waals surface area contributed by atoms with Crippen molar-refractivity contribution in [2.75, 3.05) is 37.7 Å². The number of aryl methyl sites for hydroxylation is 1. The quantitative estimate of drug-likeness (QED) is 0.268. The van der Waals surface area contributed by atoms with Crippen molar-refractivity contribution < 1.29 is 19.3 Å². The number of aromatic nitrogens is 2. The molecule has 3 saturated heterocycles. The van der Waals surface area contributed by atoms with E-state index in [1.807, 2.05) is 39.8 Å². The molecule has 0 radical (unpaired) electrons. The maximum absolute atomic E-state index is 15.4. The molecule has 4 aliphatic rings. The highest BCUT2D eigenvalue weighted by molar-refractivity contribution is 6.50. The van der Waals surface area contributed by atoms with Crippen molar-refractivity contribution in [2.45, 2.75) is 89.8 Å². The molecule has 256 valence electrons. The summed E-state index contributed by atoms with van der Waals surface area (Å²) < 4.78 is 21.9. The maximum Gasteiger partial charge on any atom is 0.319 e. The highest BCUT2D eigenvalue weighted by Gasteiger charge is 2.45. The van der Waals surface area contributed by atoms with Gasteiger partial charge in [-0.1, -0.05) is 25.0 Å². The van der Waals surface area contributed by atoms with Crippen LogP contribution in [0.2, 0.25) is 0 Å². The number of hydrogen-bond acceptors (Lipinski definition) is 8. The van der Waals surface area contributed by atoms with E-state index in [2.05, 4.69) is 15.7 Å². The Morgan fingerprint density at radius 2 is 1.88 bits per heavy atom. The first-order valence-corrected chi connectivity index (χ1v) is 17.7. The lowest BCUT2D eigenvalue weighted by Gasteiger charge is -2.38. The summed E-state index contributed by atoms with van der Waals surface area (Å²) in [5.74, 6) is 3.05. The molecule has 3 aromatic rings. The fourth-order valence-electron chi connectivity index (χ4n) is 8.51. The van der Waals surface area contributed by atoms with E-state index in [-0.39, 0.29) is 35.7 Å². The van der Waals surface area contributed by atoms with E-state index in [0.29, 0.717) is 60.8 Å². The monoisotopic (exact) mass is 663 g/mol. The first kappa shape index (κ1) is 33.2. The number of piperidine rings is 1. The summed E-state index contributed by atoms with van der Waals surface area (Å²) in [7, 11) is 0. The lowest BCUT2D eigenvalue weighted by atomic mass is 9.82. The molecule has 8 nitrogen and oxygen atoms in total. The van der Waals surface area contributed by atoms with Crippen molar-refractivity contribution in [2.24, 2.45) is 4.99 Å². The molecule has 9 heteroatoms. The maximum atomic E-state index is 15.4. The number of aliphatic imine (C=N–C) groups is 1. The van der Waals surface area contributed by atoms with Gasteiger partial charge in [0.25, 0.3) is 0 Å². The number of benzene rings is 2. The van der Waals surface area contributed by atoms with Crippen LogP contribution in [0.3, 0.4) is 0 Å². The molecule has 3 fully saturated rings. The Balaban J connectivity index is 1.46. The lowest BCUT2D eigenvalue weighted by Crippen LogP contribution is -2.48. The number of allylic oxidation sites excluding steroid dienone is 3. The number of hydrogen-bond donors (Lipinski definition) is 2. The standard InChI is InChI=1S/C40H46FN5O3/c1-6-28-32(41)13-12-26-20-27(47)21-30(34(26)28)31-22-33-35(29(7-2)36(31)42-25(4)5)37(45-17-11-16-40(48,8-3)23-45)44-38(43-33)49-24-39-14-9-18-46(39)19-10-15-39/h3,7,12-13,20-22,25,47-48H,6,9-11,14-19,23-24H2,1-2,4-5H3/b29-7-,42-36?. The minimum atomic E-state index is -1.29. The molecule has 3 aliphatic heterocycles. The Kier molecular flexibility index (Phi) is 8.74. The third-order valence-electron chi connectivity index (χ3n) is 10.8. The third kappa shape index (κ3) is 5.89. The van der Waals surface area contributed by atoms with E-state index < -0.39 is 5.60 Å². The molecule has 49 heavy (non-hydrogen) atoms. The molecular weight excluding hydrogens is 617 g/mol. The average Bonchev–Trinajstić information content (AvgIpc) is 3.67. The Bertz CT molecular complexity index is 1930. The first-order valence-electron chi connectivity index (χ1n) is 17.7. The number of fused-ring (bicyclic) bond motifs is 3. The van der Waals surface area contributed by atoms with E-state index in [1.165, 1.54) is 6.07 Å². The van der Waals surface area contributed by atoms with Crippen LogP contribution in [0, 0.1) is 18.2 Å². The predicted molar refractivity (Wildman–Crippen MR) is 195 cm³/mol. The van der Waals surface area contributed by atoms with Crippen molar-refractivity contribution in [1.29, 1.82) is 0 Å². The van der Waals surface area contributed by atoms with Crippen LogP contribution in [-0.2, 0) is 6.42 Å². The van der Waals surface area contributed by atoms with Gasteiger partial charge in [0.1, 0.15) is 29.6 Å². The second-order valence-corrected chi connectivity index (χ2v) is 14.3. The topological polar surface area (TPSA) is 94.3 Å². The Morgan fingerprint density at radius 3 is 2.57 bits per heavy atom. The van der Waals surface area contributed by atoms with Gasteiger partial charge in [0.2, 0.25) is 0 Å². The van der Waals surface area contributed by atoms with Gasteiger partial charge in [-0.2, -0.15) is 9.97 Å². The number of aromatic hydroxyl groups is 1. The van der Waals surface area contributed by atoms with Gasteiger partial charge in [-0.3, -0.25) is 9.89 Å². The van der Waals surface area contributed by atoms with E-state index >= 15 is 4.39 Å². The average molecular weight is 664 g/mol. The third-order valence-corrected chi connectivity index (χ3v) is 10.8. The lowest BCUT2D eigenvalue weighted by molar-refractivity contribution is 0.0838. The van der Waals surface area contributed by atoms with E-state index in [0.717, 1.165) is 66.3 Å². The zero-order valence-electron chi connectivity index (χ0n) is 29.0. The minimum absolute atomic E-state index is 0.00194. The van der Waals surface area contributed by atoms with Crippen LogP contribution in [0.5, 0.6) is 11.8 Å². The fourth-order valence-corrected chi connectivity index (χ4v) is 8.51. The van der Waals surface area contributed by atoms with Gasteiger partial charge in [0.15, 0.2) is 0 Å². The molecule has 1 aromatic heterocycles. The summed E-state index contributed by atoms with van der Waals surface area (Å²) >= 11 is 0. The van der Waals surface area contributed by atoms with Crippen LogP contribution in [0.1, 0.15) is 88.6 Å². The summed E-state index contributed by atoms with van der Waals surface area (Å²) in [4.78, 5) is 19.9. The van der Waals surface area contributed by atoms with Crippen LogP contribution in [0.25, 0.3) is 28.0 Å². The predicted octanol–water partition coefficient (Wildman–Crippen LogP) is 6.82. The van der Waals surface area contributed by atoms with E-state index in [1.54, 1.807) is 18.2 Å². The zero-order valence-corrected chi connectivity index (χ0v) is 29.0. The van der Waals surface area contributed by atoms with Gasteiger partial charge in [0, 0.05) is 23.7 Å². The second kappa shape index (κ2) is 12.9. The Labute approximate surface area is 288 Å². The van der Waals surface area contributed by atoms with Gasteiger partial charge in [-0.15, -0.1) is 6.42 Å². The van der Waals surface area contributed by atoms with Crippen molar-refractivity contribution in [3.8, 4) is 24.1 Å². The van der Waals surface area contributed by atoms with Gasteiger partial charge >= 0.3 is 6.01 Å². The number of aliphatic hydroxyl groups is 1. The molecule has 0 bridgehead atoms. The van der Waals surface area contributed by atoms with Crippen molar-refractivity contribution in [3.63, 3.8) is 0 Å². The summed E-state index contributed by atoms with van der Waals surface area (Å²) in [6.07, 6.45) is 16.0. The molecule has 1 atom stereocenters. The van der Waals surface area contributed by atoms with Gasteiger partial charge in [0.05, 0.1) is 29.1 Å². The van der Waals surface area contributed by atoms with Crippen LogP contribution >= 0.6 is 0 Å². The number of β-amino-alcohol motifs (C(OH)–C–C–N with tert-alkyl or cyclic N) is 1. The first-order chi connectivity index (χ1) is 23.6. The van der Waals surface area contributed by atoms with Gasteiger partial charge < -0.3 is 19.8 Å². The molecule has 0 spiro atoms. The van der Waals surface area contributed by atoms with E-state index in [4.69, 9.17) is 26.1 Å². The highest BCUT2D eigenvalue weighted by atomic mass is 19.1. The number of halogens is 1. The van der Waals surface area contributed by atoms with E-state index in [9.17, 15) is 10.2 Å². The summed E-state index contributed by atoms with van der Waals surface area (Å²) in [6.45, 7) is 11.5. The molecule has 2 N–H and O–H groups in total. The number of anilines is 1. The molecule has 4 heterocycles. The van der Waals surface area contributed by atoms with Crippen LogP contribution in [-0.4, -0.2) is 80.8 Å². The summed E-state index contributed by atoms with van der Waals surface area (Å²) in [6, 6.07) is 6.75. The van der Waals surface area contributed by atoms with Crippen molar-refractivity contribution >= 4 is 39.5 Å². The number of ether oxygens (including phenoxy) is 1. The number of nitrogens with zero attached hydrogens (tertiary/aromatic N) is 5. The van der Waals surface area contributed by atoms with Crippen LogP contribution in [0.4, 0.5) is 10.2 Å². The number of rotatable bonds is 7. The molecule has 1 unspecified atom stereocenters. The van der Waals surface area contributed by atoms with Crippen LogP contribution in [0.15, 0.2) is 35.3 Å². The number of phenols is 1. The Morgan fingerprint density at radius 1 is 1.12 bits per heavy atom. The fraction of sp³-hybridized carbons (Fsp3) is 0.475. The number of terminal acetylenes is 1. The summed E-state index contributed by atoms with van der Waals surface area (Å²) in [5.41, 5.74) is 3.67. The molecule has 1 aliphatic carbocycles. The van der Waals surface area contributed by atoms with Crippen LogP contribution < -0.4 is 9.64 Å². The SMILES string of the molecule is C#CC1(O)CCCN(c2nc(OCC34CCCN3CCC4)nc3c2/C(=C/C)C(=NC(C)C)C(c2cc(O)cc4ccc(F)c(CC)c24)=C3)C1. The van der Waals surface area contributed by atoms with Gasteiger partial charge in [-0.05, 0) is 125 Å². The smallest absolute Gasteiger partial charge is 0.319 e. The molecule has 0 saturated carbocycles. The van der Waals surface area contributed by atoms with Gasteiger partial charge in [-0.25, -0.2) is 4.39 Å². The molecule has 0 amide bonds. The second-order valence-electron chi connectivity index (χ2n) is 14.3. The normalized spacial score (nSPS) is 23.6. The van der Waals surface area contributed by atoms with Crippen molar-refractivity contribution in [3.05, 3.63) is 58.5 Å². The molecular formula is C40H46FN5O3. The Hall–Kier alpha value is -4.26. The zero-order chi connectivity index (χ0) is 34.5. The number of phenolic OH excluding ortho intramolecular Hbond substituents is 1. The largest absolute Gasteiger partial charge is 0.508 e. The molecule has 7 rings (SSSR count). The van der Waals surface area contributed by atoms with Crippen molar-refractivity contribution in [1.82, 2.24) is 14.9 Å². The summed E-state index contributed by atoms with van der Waals surface area (Å²) in [5, 5.41) is 23.7.